The Morgan fingerprint density at radius 3 is 2.80 bits per heavy atom. The van der Waals surface area contributed by atoms with E-state index in [1.165, 1.54) is 0 Å². The number of furan rings is 1. The highest BCUT2D eigenvalue weighted by atomic mass is 35.5. The van der Waals surface area contributed by atoms with E-state index in [1.807, 2.05) is 24.0 Å². The van der Waals surface area contributed by atoms with Crippen LogP contribution in [0.3, 0.4) is 0 Å². The number of carbonyl (C=O) groups is 2. The Hall–Kier alpha value is -2.01. The molecule has 1 spiro atoms. The van der Waals surface area contributed by atoms with E-state index in [-0.39, 0.29) is 17.2 Å². The maximum atomic E-state index is 12.7. The van der Waals surface area contributed by atoms with Crippen LogP contribution in [0.2, 0.25) is 5.02 Å². The number of aryl methyl sites for hydroxylation is 1. The second-order valence-corrected chi connectivity index (χ2v) is 7.78. The van der Waals surface area contributed by atoms with Crippen molar-refractivity contribution in [1.29, 1.82) is 0 Å². The summed E-state index contributed by atoms with van der Waals surface area (Å²) in [5.41, 5.74) is 2.65. The molecule has 2 amide bonds. The summed E-state index contributed by atoms with van der Waals surface area (Å²) in [6.07, 6.45) is 4.34. The monoisotopic (exact) mass is 360 g/mol. The van der Waals surface area contributed by atoms with Crippen molar-refractivity contribution in [2.24, 2.45) is 5.41 Å². The topological polar surface area (TPSA) is 62.6 Å². The minimum absolute atomic E-state index is 0.0568. The number of amides is 2. The number of piperidine rings is 1. The van der Waals surface area contributed by atoms with Crippen molar-refractivity contribution in [3.05, 3.63) is 34.5 Å². The smallest absolute Gasteiger partial charge is 0.227 e. The number of nitrogens with zero attached hydrogens (tertiary/aromatic N) is 1. The molecule has 6 heteroatoms. The summed E-state index contributed by atoms with van der Waals surface area (Å²) in [4.78, 5) is 26.1. The number of fused-ring (bicyclic) bond motifs is 1. The predicted octanol–water partition coefficient (Wildman–Crippen LogP) is 3.07. The van der Waals surface area contributed by atoms with E-state index in [2.05, 4.69) is 5.32 Å². The Labute approximate surface area is 151 Å². The van der Waals surface area contributed by atoms with Gasteiger partial charge < -0.3 is 14.6 Å². The van der Waals surface area contributed by atoms with Crippen molar-refractivity contribution in [3.63, 3.8) is 0 Å². The molecular formula is C19H21ClN2O3. The molecule has 2 aromatic rings. The third kappa shape index (κ3) is 3.01. The SMILES string of the molecule is Cc1cc2occ(CC(=O)N3CCC4(CC3)CNC(=O)C4)c2cc1Cl. The number of halogens is 1. The van der Waals surface area contributed by atoms with Crippen LogP contribution in [-0.4, -0.2) is 36.3 Å². The number of rotatable bonds is 2. The number of hydrogen-bond acceptors (Lipinski definition) is 3. The highest BCUT2D eigenvalue weighted by Gasteiger charge is 2.41. The lowest BCUT2D eigenvalue weighted by atomic mass is 9.77. The molecule has 1 N–H and O–H groups in total. The third-order valence-corrected chi connectivity index (χ3v) is 6.06. The maximum Gasteiger partial charge on any atom is 0.227 e. The van der Waals surface area contributed by atoms with E-state index < -0.39 is 0 Å². The van der Waals surface area contributed by atoms with Crippen LogP contribution in [-0.2, 0) is 16.0 Å². The minimum atomic E-state index is 0.0568. The second-order valence-electron chi connectivity index (χ2n) is 7.37. The van der Waals surface area contributed by atoms with Crippen molar-refractivity contribution in [3.8, 4) is 0 Å². The lowest BCUT2D eigenvalue weighted by Crippen LogP contribution is -2.44. The molecule has 0 aliphatic carbocycles. The fourth-order valence-electron chi connectivity index (χ4n) is 3.95. The van der Waals surface area contributed by atoms with E-state index in [0.717, 1.165) is 41.5 Å². The molecule has 2 aliphatic rings. The summed E-state index contributed by atoms with van der Waals surface area (Å²) in [6.45, 7) is 4.10. The Morgan fingerprint density at radius 1 is 1.36 bits per heavy atom. The van der Waals surface area contributed by atoms with Gasteiger partial charge in [0, 0.05) is 42.0 Å². The van der Waals surface area contributed by atoms with E-state index >= 15 is 0 Å². The minimum Gasteiger partial charge on any atom is -0.464 e. The van der Waals surface area contributed by atoms with Gasteiger partial charge in [0.05, 0.1) is 12.7 Å². The van der Waals surface area contributed by atoms with Gasteiger partial charge in [0.1, 0.15) is 5.58 Å². The van der Waals surface area contributed by atoms with Crippen LogP contribution in [0, 0.1) is 12.3 Å². The normalized spacial score (nSPS) is 19.6. The van der Waals surface area contributed by atoms with Gasteiger partial charge in [0.15, 0.2) is 0 Å². The van der Waals surface area contributed by atoms with Crippen molar-refractivity contribution in [2.75, 3.05) is 19.6 Å². The van der Waals surface area contributed by atoms with Crippen molar-refractivity contribution in [1.82, 2.24) is 10.2 Å². The van der Waals surface area contributed by atoms with E-state index in [9.17, 15) is 9.59 Å². The molecule has 0 saturated carbocycles. The molecule has 3 heterocycles. The summed E-state index contributed by atoms with van der Waals surface area (Å²) in [6, 6.07) is 3.78. The van der Waals surface area contributed by atoms with Gasteiger partial charge in [-0.25, -0.2) is 0 Å². The lowest BCUT2D eigenvalue weighted by molar-refractivity contribution is -0.132. The number of benzene rings is 1. The van der Waals surface area contributed by atoms with Crippen molar-refractivity contribution >= 4 is 34.4 Å². The van der Waals surface area contributed by atoms with Crippen LogP contribution in [0.4, 0.5) is 0 Å². The third-order valence-electron chi connectivity index (χ3n) is 5.65. The largest absolute Gasteiger partial charge is 0.464 e. The van der Waals surface area contributed by atoms with Crippen molar-refractivity contribution < 1.29 is 14.0 Å². The average molecular weight is 361 g/mol. The van der Waals surface area contributed by atoms with Crippen LogP contribution in [0.1, 0.15) is 30.4 Å². The molecule has 0 atom stereocenters. The van der Waals surface area contributed by atoms with Gasteiger partial charge in [-0.1, -0.05) is 11.6 Å². The summed E-state index contributed by atoms with van der Waals surface area (Å²) >= 11 is 6.21. The van der Waals surface area contributed by atoms with E-state index in [4.69, 9.17) is 16.0 Å². The molecule has 4 rings (SSSR count). The Kier molecular flexibility index (Phi) is 3.99. The fraction of sp³-hybridized carbons (Fsp3) is 0.474. The summed E-state index contributed by atoms with van der Waals surface area (Å²) in [7, 11) is 0. The zero-order chi connectivity index (χ0) is 17.6. The predicted molar refractivity (Wildman–Crippen MR) is 95.5 cm³/mol. The van der Waals surface area contributed by atoms with Gasteiger partial charge in [-0.3, -0.25) is 9.59 Å². The second kappa shape index (κ2) is 6.06. The molecule has 2 fully saturated rings. The van der Waals surface area contributed by atoms with Crippen LogP contribution >= 0.6 is 11.6 Å². The summed E-state index contributed by atoms with van der Waals surface area (Å²) in [5, 5.41) is 4.51. The first kappa shape index (κ1) is 16.5. The molecule has 2 saturated heterocycles. The quantitative estimate of drug-likeness (QED) is 0.895. The number of likely N-dealkylation sites (tertiary alicyclic amines) is 1. The molecule has 1 aromatic carbocycles. The summed E-state index contributed by atoms with van der Waals surface area (Å²) < 4.78 is 5.59. The standard InChI is InChI=1S/C19H21ClN2O3/c1-12-6-16-14(8-15(12)20)13(10-25-16)7-18(24)22-4-2-19(3-5-22)9-17(23)21-11-19/h6,8,10H,2-5,7,9,11H2,1H3,(H,21,23). The number of nitrogens with one attached hydrogen (secondary N) is 1. The molecule has 0 radical (unpaired) electrons. The van der Waals surface area contributed by atoms with Gasteiger partial charge >= 0.3 is 0 Å². The zero-order valence-corrected chi connectivity index (χ0v) is 15.0. The Bertz CT molecular complexity index is 850. The van der Waals surface area contributed by atoms with Gasteiger partial charge in [-0.2, -0.15) is 0 Å². The van der Waals surface area contributed by atoms with Crippen molar-refractivity contribution in [2.45, 2.75) is 32.6 Å². The highest BCUT2D eigenvalue weighted by Crippen LogP contribution is 2.37. The first-order chi connectivity index (χ1) is 12.0. The maximum absolute atomic E-state index is 12.7. The fourth-order valence-corrected chi connectivity index (χ4v) is 4.11. The highest BCUT2D eigenvalue weighted by molar-refractivity contribution is 6.32. The molecule has 1 aromatic heterocycles. The first-order valence-corrected chi connectivity index (χ1v) is 9.04. The van der Waals surface area contributed by atoms with Gasteiger partial charge in [0.25, 0.3) is 0 Å². The molecule has 2 aliphatic heterocycles. The molecular weight excluding hydrogens is 340 g/mol. The van der Waals surface area contributed by atoms with E-state index in [1.54, 1.807) is 6.26 Å². The van der Waals surface area contributed by atoms with Gasteiger partial charge in [-0.05, 0) is 42.9 Å². The molecule has 0 bridgehead atoms. The number of carbonyl (C=O) groups excluding carboxylic acids is 2. The zero-order valence-electron chi connectivity index (χ0n) is 14.2. The lowest BCUT2D eigenvalue weighted by Gasteiger charge is -2.38. The van der Waals surface area contributed by atoms with Gasteiger partial charge in [0.2, 0.25) is 11.8 Å². The number of hydrogen-bond donors (Lipinski definition) is 1. The first-order valence-electron chi connectivity index (χ1n) is 8.66. The van der Waals surface area contributed by atoms with Gasteiger partial charge in [-0.15, -0.1) is 0 Å². The Balaban J connectivity index is 1.45. The van der Waals surface area contributed by atoms with Crippen LogP contribution in [0.15, 0.2) is 22.8 Å². The van der Waals surface area contributed by atoms with Crippen LogP contribution in [0.25, 0.3) is 11.0 Å². The van der Waals surface area contributed by atoms with Crippen LogP contribution in [0.5, 0.6) is 0 Å². The molecule has 25 heavy (non-hydrogen) atoms. The average Bonchev–Trinajstić information content (AvgIpc) is 3.13. The molecule has 5 nitrogen and oxygen atoms in total. The molecule has 0 unspecified atom stereocenters. The summed E-state index contributed by atoms with van der Waals surface area (Å²) in [5.74, 6) is 0.239. The Morgan fingerprint density at radius 2 is 2.12 bits per heavy atom. The molecule has 132 valence electrons. The van der Waals surface area contributed by atoms with Crippen LogP contribution < -0.4 is 5.32 Å². The van der Waals surface area contributed by atoms with E-state index in [0.29, 0.717) is 31.0 Å².